The van der Waals surface area contributed by atoms with E-state index < -0.39 is 0 Å². The lowest BCUT2D eigenvalue weighted by Gasteiger charge is -2.33. The Morgan fingerprint density at radius 3 is 3.03 bits per heavy atom. The van der Waals surface area contributed by atoms with Crippen molar-refractivity contribution in [2.75, 3.05) is 23.5 Å². The maximum Gasteiger partial charge on any atom is 0.269 e. The summed E-state index contributed by atoms with van der Waals surface area (Å²) in [6, 6.07) is 6.30. The van der Waals surface area contributed by atoms with Gasteiger partial charge in [0.1, 0.15) is 5.56 Å². The molecule has 0 unspecified atom stereocenters. The van der Waals surface area contributed by atoms with Crippen molar-refractivity contribution in [3.05, 3.63) is 52.7 Å². The fraction of sp³-hybridized carbons (Fsp3) is 0.300. The summed E-state index contributed by atoms with van der Waals surface area (Å²) < 4.78 is 5.70. The summed E-state index contributed by atoms with van der Waals surface area (Å²) in [5.41, 5.74) is 3.94. The molecule has 2 aliphatic rings. The molecule has 8 nitrogen and oxygen atoms in total. The molecule has 9 heteroatoms. The van der Waals surface area contributed by atoms with Gasteiger partial charge >= 0.3 is 0 Å². The Balaban J connectivity index is 1.38. The summed E-state index contributed by atoms with van der Waals surface area (Å²) in [5.74, 6) is 0.457. The maximum atomic E-state index is 12.7. The van der Waals surface area contributed by atoms with Crippen LogP contribution in [-0.4, -0.2) is 34.1 Å². The molecule has 0 aliphatic carbocycles. The first kappa shape index (κ1) is 18.0. The van der Waals surface area contributed by atoms with E-state index in [1.807, 2.05) is 11.4 Å². The molecule has 3 aromatic rings. The highest BCUT2D eigenvalue weighted by Gasteiger charge is 2.30. The van der Waals surface area contributed by atoms with Crippen LogP contribution in [-0.2, 0) is 12.0 Å². The Kier molecular flexibility index (Phi) is 4.21. The topological polar surface area (TPSA) is 92.3 Å². The number of anilines is 3. The zero-order valence-electron chi connectivity index (χ0n) is 16.1. The third-order valence-electron chi connectivity index (χ3n) is 5.18. The number of nitrogens with zero attached hydrogens (tertiary/aromatic N) is 4. The quantitative estimate of drug-likeness (QED) is 0.688. The molecule has 148 valence electrons. The molecule has 1 amide bonds. The second kappa shape index (κ2) is 6.78. The molecule has 0 saturated heterocycles. The van der Waals surface area contributed by atoms with Crippen LogP contribution < -0.4 is 20.3 Å². The fourth-order valence-electron chi connectivity index (χ4n) is 3.72. The van der Waals surface area contributed by atoms with Crippen molar-refractivity contribution in [2.45, 2.75) is 25.8 Å². The van der Waals surface area contributed by atoms with E-state index in [9.17, 15) is 4.79 Å². The molecule has 0 radical (unpaired) electrons. The molecular weight excluding hydrogens is 388 g/mol. The lowest BCUT2D eigenvalue weighted by Crippen LogP contribution is -2.39. The number of amides is 1. The van der Waals surface area contributed by atoms with Gasteiger partial charge in [0.2, 0.25) is 11.8 Å². The van der Waals surface area contributed by atoms with Crippen LogP contribution in [0.5, 0.6) is 5.88 Å². The number of hydrogen-bond acceptors (Lipinski definition) is 8. The number of aromatic nitrogens is 3. The monoisotopic (exact) mass is 408 g/mol. The number of fused-ring (bicyclic) bond motifs is 2. The largest absolute Gasteiger partial charge is 0.455 e. The first-order valence-corrected chi connectivity index (χ1v) is 10.2. The van der Waals surface area contributed by atoms with Gasteiger partial charge in [-0.15, -0.1) is 11.3 Å². The van der Waals surface area contributed by atoms with E-state index in [1.165, 1.54) is 33.6 Å². The summed E-state index contributed by atoms with van der Waals surface area (Å²) >= 11 is 1.38. The van der Waals surface area contributed by atoms with Crippen LogP contribution in [0.15, 0.2) is 36.0 Å². The van der Waals surface area contributed by atoms with E-state index >= 15 is 0 Å². The lowest BCUT2D eigenvalue weighted by molar-refractivity contribution is 0.0932. The number of rotatable bonds is 3. The number of thiazole rings is 1. The molecule has 2 N–H and O–H groups in total. The number of ether oxygens (including phenoxy) is 1. The van der Waals surface area contributed by atoms with Gasteiger partial charge in [-0.3, -0.25) is 4.79 Å². The molecule has 0 spiro atoms. The summed E-state index contributed by atoms with van der Waals surface area (Å²) in [5, 5.41) is 9.09. The molecule has 0 bridgehead atoms. The number of nitrogens with one attached hydrogen (secondary N) is 2. The SMILES string of the molecule is CC1(C)CNCc2cc(Nc3ncc4c(n3)OCN(c3nccs3)C4=O)ccc21. The minimum absolute atomic E-state index is 0.0788. The van der Waals surface area contributed by atoms with Gasteiger partial charge in [0.05, 0.1) is 0 Å². The molecule has 2 aromatic heterocycles. The van der Waals surface area contributed by atoms with E-state index in [0.29, 0.717) is 16.6 Å². The van der Waals surface area contributed by atoms with Gasteiger partial charge in [0, 0.05) is 42.0 Å². The molecule has 4 heterocycles. The third-order valence-corrected chi connectivity index (χ3v) is 5.98. The Bertz CT molecular complexity index is 1080. The molecule has 0 fully saturated rings. The number of benzene rings is 1. The van der Waals surface area contributed by atoms with Crippen LogP contribution in [0.4, 0.5) is 16.8 Å². The summed E-state index contributed by atoms with van der Waals surface area (Å²) in [7, 11) is 0. The van der Waals surface area contributed by atoms with Crippen LogP contribution in [0.2, 0.25) is 0 Å². The van der Waals surface area contributed by atoms with Gasteiger partial charge in [0.25, 0.3) is 5.91 Å². The zero-order chi connectivity index (χ0) is 20.0. The first-order valence-electron chi connectivity index (χ1n) is 9.34. The Morgan fingerprint density at radius 2 is 2.21 bits per heavy atom. The second-order valence-corrected chi connectivity index (χ2v) is 8.59. The summed E-state index contributed by atoms with van der Waals surface area (Å²) in [6.07, 6.45) is 3.15. The molecule has 0 atom stereocenters. The normalized spacial score (nSPS) is 17.3. The Labute approximate surface area is 172 Å². The highest BCUT2D eigenvalue weighted by atomic mass is 32.1. The number of carbonyl (C=O) groups excluding carboxylic acids is 1. The molecule has 2 aliphatic heterocycles. The van der Waals surface area contributed by atoms with E-state index in [1.54, 1.807) is 6.20 Å². The highest BCUT2D eigenvalue weighted by molar-refractivity contribution is 7.13. The van der Waals surface area contributed by atoms with Crippen molar-refractivity contribution in [3.63, 3.8) is 0 Å². The fourth-order valence-corrected chi connectivity index (χ4v) is 4.34. The van der Waals surface area contributed by atoms with E-state index in [0.717, 1.165) is 18.8 Å². The molecule has 29 heavy (non-hydrogen) atoms. The van der Waals surface area contributed by atoms with E-state index in [2.05, 4.69) is 51.6 Å². The number of carbonyl (C=O) groups is 1. The average molecular weight is 408 g/mol. The number of hydrogen-bond donors (Lipinski definition) is 2. The van der Waals surface area contributed by atoms with Gasteiger partial charge < -0.3 is 15.4 Å². The standard InChI is InChI=1S/C20H20N6O2S/c1-20(2)10-21-8-12-7-13(3-4-15(12)20)24-18-23-9-14-16(25-18)28-11-26(17(14)27)19-22-5-6-29-19/h3-7,9,21H,8,10-11H2,1-2H3,(H,23,24,25). The van der Waals surface area contributed by atoms with Crippen molar-refractivity contribution in [1.82, 2.24) is 20.3 Å². The smallest absolute Gasteiger partial charge is 0.269 e. The second-order valence-electron chi connectivity index (χ2n) is 7.72. The molecular formula is C20H20N6O2S. The van der Waals surface area contributed by atoms with Gasteiger partial charge in [-0.1, -0.05) is 19.9 Å². The third kappa shape index (κ3) is 3.22. The predicted molar refractivity (Wildman–Crippen MR) is 111 cm³/mol. The minimum atomic E-state index is -0.213. The Hall–Kier alpha value is -3.04. The van der Waals surface area contributed by atoms with Gasteiger partial charge in [-0.05, 0) is 23.3 Å². The molecule has 1 aromatic carbocycles. The predicted octanol–water partition coefficient (Wildman–Crippen LogP) is 3.05. The summed E-state index contributed by atoms with van der Waals surface area (Å²) in [4.78, 5) is 27.1. The van der Waals surface area contributed by atoms with E-state index in [-0.39, 0.29) is 23.9 Å². The van der Waals surface area contributed by atoms with Crippen molar-refractivity contribution in [2.24, 2.45) is 0 Å². The van der Waals surface area contributed by atoms with Crippen LogP contribution >= 0.6 is 11.3 Å². The van der Waals surface area contributed by atoms with Gasteiger partial charge in [-0.25, -0.2) is 14.9 Å². The molecule has 5 rings (SSSR count). The van der Waals surface area contributed by atoms with Crippen molar-refractivity contribution in [1.29, 1.82) is 0 Å². The van der Waals surface area contributed by atoms with Crippen molar-refractivity contribution >= 4 is 34.0 Å². The van der Waals surface area contributed by atoms with Crippen LogP contribution in [0.1, 0.15) is 35.3 Å². The highest BCUT2D eigenvalue weighted by Crippen LogP contribution is 2.32. The zero-order valence-corrected chi connectivity index (χ0v) is 16.9. The van der Waals surface area contributed by atoms with Crippen molar-refractivity contribution < 1.29 is 9.53 Å². The average Bonchev–Trinajstić information content (AvgIpc) is 3.22. The van der Waals surface area contributed by atoms with Crippen LogP contribution in [0.25, 0.3) is 0 Å². The van der Waals surface area contributed by atoms with Gasteiger partial charge in [-0.2, -0.15) is 4.98 Å². The minimum Gasteiger partial charge on any atom is -0.455 e. The Morgan fingerprint density at radius 1 is 1.31 bits per heavy atom. The first-order chi connectivity index (χ1) is 14.0. The molecule has 0 saturated carbocycles. The lowest BCUT2D eigenvalue weighted by atomic mass is 9.79. The van der Waals surface area contributed by atoms with Crippen LogP contribution in [0.3, 0.4) is 0 Å². The van der Waals surface area contributed by atoms with E-state index in [4.69, 9.17) is 4.74 Å². The van der Waals surface area contributed by atoms with Crippen molar-refractivity contribution in [3.8, 4) is 5.88 Å². The van der Waals surface area contributed by atoms with Gasteiger partial charge in [0.15, 0.2) is 11.9 Å². The summed E-state index contributed by atoms with van der Waals surface area (Å²) in [6.45, 7) is 6.35. The maximum absolute atomic E-state index is 12.7. The van der Waals surface area contributed by atoms with Crippen LogP contribution in [0, 0.1) is 0 Å².